The fourth-order valence-electron chi connectivity index (χ4n) is 5.19. The van der Waals surface area contributed by atoms with E-state index in [1.807, 2.05) is 31.2 Å². The Morgan fingerprint density at radius 2 is 1.97 bits per heavy atom. The summed E-state index contributed by atoms with van der Waals surface area (Å²) < 4.78 is 58.9. The summed E-state index contributed by atoms with van der Waals surface area (Å²) in [5.74, 6) is 0.325. The number of rotatable bonds is 10. The lowest BCUT2D eigenvalue weighted by atomic mass is 9.85. The summed E-state index contributed by atoms with van der Waals surface area (Å²) in [5.41, 5.74) is 5.72. The predicted molar refractivity (Wildman–Crippen MR) is 129 cm³/mol. The van der Waals surface area contributed by atoms with E-state index in [2.05, 4.69) is 21.7 Å². The first kappa shape index (κ1) is 25.4. The number of methoxy groups -OCH3 is 1. The van der Waals surface area contributed by atoms with Gasteiger partial charge in [-0.1, -0.05) is 24.3 Å². The van der Waals surface area contributed by atoms with E-state index in [0.717, 1.165) is 22.3 Å². The molecule has 2 aliphatic rings. The van der Waals surface area contributed by atoms with Crippen molar-refractivity contribution in [2.45, 2.75) is 44.4 Å². The molecule has 4 rings (SSSR count). The second kappa shape index (κ2) is 11.0. The number of alkyl halides is 4. The minimum Gasteiger partial charge on any atom is -0.481 e. The number of aromatic nitrogens is 1. The van der Waals surface area contributed by atoms with Crippen LogP contribution in [0.3, 0.4) is 0 Å². The average molecular weight is 493 g/mol. The molecule has 35 heavy (non-hydrogen) atoms. The third-order valence-electron chi connectivity index (χ3n) is 6.69. The van der Waals surface area contributed by atoms with Crippen LogP contribution < -0.4 is 15.4 Å². The summed E-state index contributed by atoms with van der Waals surface area (Å²) in [4.78, 5) is 5.97. The topological polar surface area (TPSA) is 49.4 Å². The number of halogens is 4. The molecule has 0 amide bonds. The lowest BCUT2D eigenvalue weighted by Crippen LogP contribution is -2.46. The van der Waals surface area contributed by atoms with Gasteiger partial charge in [0, 0.05) is 24.7 Å². The molecule has 2 N–H and O–H groups in total. The number of anilines is 1. The fraction of sp³-hybridized carbons (Fsp3) is 0.500. The molecule has 0 saturated heterocycles. The molecule has 1 aliphatic carbocycles. The highest BCUT2D eigenvalue weighted by molar-refractivity contribution is 5.79. The van der Waals surface area contributed by atoms with Crippen LogP contribution in [0.5, 0.6) is 5.88 Å². The summed E-state index contributed by atoms with van der Waals surface area (Å²) in [6, 6.07) is 8.99. The van der Waals surface area contributed by atoms with E-state index in [9.17, 15) is 17.6 Å². The zero-order chi connectivity index (χ0) is 25.0. The number of fused-ring (bicyclic) bond motifs is 2. The van der Waals surface area contributed by atoms with Crippen molar-refractivity contribution >= 4 is 11.3 Å². The van der Waals surface area contributed by atoms with Crippen LogP contribution in [0, 0.1) is 0 Å². The average Bonchev–Trinajstić information content (AvgIpc) is 3.19. The standard InChI is InChI=1S/C26H32F4N4O/c1-17-12-21-20-7-4-3-6-18(20)13-22(21)24(34(17)16-26(28,29)30)23-14-19(15-33-25(23)35-2)32-11-10-31-9-5-8-27/h3-4,6-7,14-15,17,24,31-32H,5,8-13,16H2,1-2H3/t17-,24+/m1/s1. The molecule has 190 valence electrons. The summed E-state index contributed by atoms with van der Waals surface area (Å²) in [5, 5.41) is 6.42. The third-order valence-corrected chi connectivity index (χ3v) is 6.69. The van der Waals surface area contributed by atoms with Gasteiger partial charge in [0.15, 0.2) is 0 Å². The summed E-state index contributed by atoms with van der Waals surface area (Å²) >= 11 is 0. The van der Waals surface area contributed by atoms with E-state index in [-0.39, 0.29) is 12.7 Å². The Labute approximate surface area is 203 Å². The Balaban J connectivity index is 1.68. The van der Waals surface area contributed by atoms with Crippen molar-refractivity contribution in [3.05, 3.63) is 58.8 Å². The molecular formula is C26H32F4N4O. The molecule has 0 fully saturated rings. The molecule has 0 unspecified atom stereocenters. The minimum atomic E-state index is -4.34. The molecule has 1 aromatic heterocycles. The van der Waals surface area contributed by atoms with E-state index in [1.54, 1.807) is 6.20 Å². The van der Waals surface area contributed by atoms with Gasteiger partial charge in [0.25, 0.3) is 0 Å². The van der Waals surface area contributed by atoms with Crippen molar-refractivity contribution in [2.24, 2.45) is 0 Å². The second-order valence-corrected chi connectivity index (χ2v) is 9.12. The molecule has 2 aromatic rings. The normalized spacial score (nSPS) is 20.1. The maximum Gasteiger partial charge on any atom is 0.401 e. The van der Waals surface area contributed by atoms with Crippen LogP contribution in [0.25, 0.3) is 5.57 Å². The van der Waals surface area contributed by atoms with Crippen LogP contribution in [0.1, 0.15) is 42.5 Å². The number of hydrogen-bond acceptors (Lipinski definition) is 5. The van der Waals surface area contributed by atoms with Crippen LogP contribution in [-0.4, -0.2) is 62.1 Å². The Bertz CT molecular complexity index is 1060. The van der Waals surface area contributed by atoms with Crippen LogP contribution in [0.4, 0.5) is 23.2 Å². The lowest BCUT2D eigenvalue weighted by molar-refractivity contribution is -0.155. The first-order valence-electron chi connectivity index (χ1n) is 12.0. The van der Waals surface area contributed by atoms with Crippen molar-refractivity contribution in [1.29, 1.82) is 0 Å². The summed E-state index contributed by atoms with van der Waals surface area (Å²) in [7, 11) is 1.49. The monoisotopic (exact) mass is 492 g/mol. The van der Waals surface area contributed by atoms with E-state index in [1.165, 1.54) is 12.0 Å². The van der Waals surface area contributed by atoms with Gasteiger partial charge in [-0.25, -0.2) is 4.98 Å². The number of nitrogens with one attached hydrogen (secondary N) is 2. The molecule has 1 aliphatic heterocycles. The second-order valence-electron chi connectivity index (χ2n) is 9.12. The quantitative estimate of drug-likeness (QED) is 0.355. The van der Waals surface area contributed by atoms with Crippen LogP contribution in [0.2, 0.25) is 0 Å². The summed E-state index contributed by atoms with van der Waals surface area (Å²) in [6.07, 6.45) is -1.07. The zero-order valence-electron chi connectivity index (χ0n) is 20.1. The predicted octanol–water partition coefficient (Wildman–Crippen LogP) is 5.16. The van der Waals surface area contributed by atoms with Gasteiger partial charge < -0.3 is 15.4 Å². The molecule has 0 spiro atoms. The van der Waals surface area contributed by atoms with E-state index >= 15 is 0 Å². The highest BCUT2D eigenvalue weighted by Crippen LogP contribution is 2.50. The molecular weight excluding hydrogens is 460 g/mol. The number of benzene rings is 1. The molecule has 1 aromatic carbocycles. The number of hydrogen-bond donors (Lipinski definition) is 2. The van der Waals surface area contributed by atoms with Gasteiger partial charge in [-0.3, -0.25) is 9.29 Å². The fourth-order valence-corrected chi connectivity index (χ4v) is 5.19. The first-order valence-corrected chi connectivity index (χ1v) is 12.0. The smallest absolute Gasteiger partial charge is 0.401 e. The number of ether oxygens (including phenoxy) is 1. The van der Waals surface area contributed by atoms with Crippen LogP contribution in [-0.2, 0) is 6.42 Å². The molecule has 0 saturated carbocycles. The van der Waals surface area contributed by atoms with Gasteiger partial charge in [-0.05, 0) is 61.1 Å². The summed E-state index contributed by atoms with van der Waals surface area (Å²) in [6.45, 7) is 2.29. The molecule has 2 heterocycles. The molecule has 9 heteroatoms. The van der Waals surface area contributed by atoms with E-state index < -0.39 is 18.8 Å². The highest BCUT2D eigenvalue weighted by atomic mass is 19.4. The van der Waals surface area contributed by atoms with Crippen molar-refractivity contribution < 1.29 is 22.3 Å². The van der Waals surface area contributed by atoms with E-state index in [4.69, 9.17) is 4.74 Å². The van der Waals surface area contributed by atoms with Crippen molar-refractivity contribution in [3.8, 4) is 5.88 Å². The number of nitrogens with zero attached hydrogens (tertiary/aromatic N) is 2. The Kier molecular flexibility index (Phi) is 7.96. The Morgan fingerprint density at radius 3 is 2.71 bits per heavy atom. The highest BCUT2D eigenvalue weighted by Gasteiger charge is 2.44. The van der Waals surface area contributed by atoms with Crippen molar-refractivity contribution in [3.63, 3.8) is 0 Å². The maximum absolute atomic E-state index is 13.7. The van der Waals surface area contributed by atoms with Gasteiger partial charge in [-0.15, -0.1) is 0 Å². The van der Waals surface area contributed by atoms with Gasteiger partial charge in [-0.2, -0.15) is 13.2 Å². The van der Waals surface area contributed by atoms with Gasteiger partial charge in [0.2, 0.25) is 5.88 Å². The Morgan fingerprint density at radius 1 is 1.17 bits per heavy atom. The SMILES string of the molecule is COc1ncc(NCCNCCCF)cc1[C@@H]1C2=C(C[C@@H](C)N1CC(F)(F)F)c1ccccc1C2. The minimum absolute atomic E-state index is 0.312. The van der Waals surface area contributed by atoms with Crippen molar-refractivity contribution in [1.82, 2.24) is 15.2 Å². The number of pyridine rings is 1. The van der Waals surface area contributed by atoms with Gasteiger partial charge in [0.05, 0.1) is 38.3 Å². The van der Waals surface area contributed by atoms with Gasteiger partial charge >= 0.3 is 6.18 Å². The lowest BCUT2D eigenvalue weighted by Gasteiger charge is -2.42. The first-order chi connectivity index (χ1) is 16.8. The Hall–Kier alpha value is -2.65. The van der Waals surface area contributed by atoms with Crippen LogP contribution in [0.15, 0.2) is 42.1 Å². The zero-order valence-corrected chi connectivity index (χ0v) is 20.1. The van der Waals surface area contributed by atoms with Crippen molar-refractivity contribution in [2.75, 3.05) is 45.3 Å². The maximum atomic E-state index is 13.7. The molecule has 0 bridgehead atoms. The molecule has 5 nitrogen and oxygen atoms in total. The van der Waals surface area contributed by atoms with Gasteiger partial charge in [0.1, 0.15) is 0 Å². The molecule has 2 atom stereocenters. The van der Waals surface area contributed by atoms with E-state index in [0.29, 0.717) is 56.0 Å². The van der Waals surface area contributed by atoms with Crippen LogP contribution >= 0.6 is 0 Å². The molecule has 0 radical (unpaired) electrons. The largest absolute Gasteiger partial charge is 0.481 e. The third kappa shape index (κ3) is 5.78.